The average molecular weight is 378 g/mol. The average Bonchev–Trinajstić information content (AvgIpc) is 2.91. The summed E-state index contributed by atoms with van der Waals surface area (Å²) in [4.78, 5) is 1.46. The number of nitrogens with one attached hydrogen (secondary N) is 1. The van der Waals surface area contributed by atoms with Crippen LogP contribution in [0, 0.1) is 0 Å². The fourth-order valence-corrected chi connectivity index (χ4v) is 4.54. The van der Waals surface area contributed by atoms with E-state index in [2.05, 4.69) is 5.32 Å². The quantitative estimate of drug-likeness (QED) is 0.543. The van der Waals surface area contributed by atoms with Gasteiger partial charge in [0.15, 0.2) is 0 Å². The number of nitrogens with zero attached hydrogens (tertiary/aromatic N) is 1. The number of alkyl halides is 3. The molecule has 2 aliphatic heterocycles. The molecule has 2 aliphatic rings. The number of hydrazine groups is 1. The maximum absolute atomic E-state index is 12.5. The summed E-state index contributed by atoms with van der Waals surface area (Å²) in [5, 5.41) is 4.65. The molecule has 3 rings (SSSR count). The molecule has 25 heavy (non-hydrogen) atoms. The van der Waals surface area contributed by atoms with Gasteiger partial charge in [-0.1, -0.05) is 0 Å². The second-order valence-electron chi connectivity index (χ2n) is 6.21. The van der Waals surface area contributed by atoms with Gasteiger partial charge in [0.05, 0.1) is 13.0 Å². The van der Waals surface area contributed by atoms with Gasteiger partial charge in [-0.3, -0.25) is 0 Å². The number of ether oxygens (including phenoxy) is 1. The van der Waals surface area contributed by atoms with Crippen LogP contribution in [0.2, 0.25) is 0 Å². The molecule has 1 aromatic heterocycles. The van der Waals surface area contributed by atoms with Crippen LogP contribution in [0.4, 0.5) is 13.2 Å². The Morgan fingerprint density at radius 1 is 1.40 bits per heavy atom. The van der Waals surface area contributed by atoms with Crippen LogP contribution in [0.3, 0.4) is 0 Å². The van der Waals surface area contributed by atoms with Gasteiger partial charge in [0, 0.05) is 29.2 Å². The predicted octanol–water partition coefficient (Wildman–Crippen LogP) is 2.23. The van der Waals surface area contributed by atoms with Crippen LogP contribution in [0.1, 0.15) is 28.2 Å². The van der Waals surface area contributed by atoms with Gasteiger partial charge >= 0.3 is 6.18 Å². The molecule has 1 aromatic rings. The fraction of sp³-hybridized carbons (Fsp3) is 0.625. The molecule has 142 valence electrons. The highest BCUT2D eigenvalue weighted by Gasteiger charge is 2.41. The number of thiophene rings is 1. The van der Waals surface area contributed by atoms with Crippen LogP contribution in [-0.2, 0) is 23.2 Å². The Labute approximate surface area is 149 Å². The van der Waals surface area contributed by atoms with Crippen LogP contribution in [0.25, 0.3) is 0 Å². The van der Waals surface area contributed by atoms with Gasteiger partial charge in [-0.15, -0.1) is 11.3 Å². The van der Waals surface area contributed by atoms with E-state index in [9.17, 15) is 13.2 Å². The van der Waals surface area contributed by atoms with Gasteiger partial charge in [-0.25, -0.2) is 5.84 Å². The molecule has 0 bridgehead atoms. The lowest BCUT2D eigenvalue weighted by Crippen LogP contribution is -2.43. The van der Waals surface area contributed by atoms with Crippen molar-refractivity contribution in [2.24, 2.45) is 11.6 Å². The smallest absolute Gasteiger partial charge is 0.393 e. The number of fused-ring (bicyclic) bond motifs is 2. The number of piperidine rings is 1. The molecule has 0 aromatic carbocycles. The molecule has 9 heteroatoms. The van der Waals surface area contributed by atoms with Gasteiger partial charge in [-0.2, -0.15) is 13.2 Å². The molecule has 0 radical (unpaired) electrons. The minimum Gasteiger partial charge on any atom is -0.403 e. The Balaban J connectivity index is 0.000000326. The van der Waals surface area contributed by atoms with E-state index in [0.717, 1.165) is 42.8 Å². The molecule has 5 N–H and O–H groups in total. The van der Waals surface area contributed by atoms with Crippen LogP contribution < -0.4 is 16.9 Å². The van der Waals surface area contributed by atoms with Crippen molar-refractivity contribution in [3.8, 4) is 0 Å². The molecular weight excluding hydrogens is 353 g/mol. The zero-order chi connectivity index (χ0) is 18.5. The second kappa shape index (κ2) is 8.39. The minimum atomic E-state index is -4.13. The maximum atomic E-state index is 12.5. The van der Waals surface area contributed by atoms with E-state index in [1.807, 2.05) is 0 Å². The van der Waals surface area contributed by atoms with Crippen LogP contribution >= 0.6 is 11.3 Å². The molecule has 5 nitrogen and oxygen atoms in total. The van der Waals surface area contributed by atoms with Crippen molar-refractivity contribution in [1.29, 1.82) is 0 Å². The summed E-state index contributed by atoms with van der Waals surface area (Å²) in [7, 11) is 1.70. The van der Waals surface area contributed by atoms with Gasteiger partial charge in [-0.05, 0) is 44.0 Å². The normalized spacial score (nSPS) is 19.4. The first-order valence-electron chi connectivity index (χ1n) is 8.15. The Morgan fingerprint density at radius 3 is 2.60 bits per heavy atom. The molecule has 0 saturated carbocycles. The highest BCUT2D eigenvalue weighted by molar-refractivity contribution is 7.12. The first-order valence-corrected chi connectivity index (χ1v) is 8.97. The Bertz CT molecular complexity index is 580. The topological polar surface area (TPSA) is 76.5 Å². The van der Waals surface area contributed by atoms with Crippen molar-refractivity contribution >= 4 is 11.3 Å². The van der Waals surface area contributed by atoms with Gasteiger partial charge in [0.1, 0.15) is 5.60 Å². The monoisotopic (exact) mass is 378 g/mol. The number of hydrogen-bond acceptors (Lipinski definition) is 6. The molecule has 3 heterocycles. The van der Waals surface area contributed by atoms with Crippen molar-refractivity contribution in [2.45, 2.75) is 37.5 Å². The van der Waals surface area contributed by atoms with E-state index in [1.165, 1.54) is 22.5 Å². The lowest BCUT2D eigenvalue weighted by atomic mass is 9.86. The van der Waals surface area contributed by atoms with E-state index >= 15 is 0 Å². The lowest BCUT2D eigenvalue weighted by Gasteiger charge is -2.40. The zero-order valence-electron chi connectivity index (χ0n) is 14.2. The molecule has 0 atom stereocenters. The van der Waals surface area contributed by atoms with Gasteiger partial charge in [0.25, 0.3) is 0 Å². The zero-order valence-corrected chi connectivity index (χ0v) is 15.1. The minimum absolute atomic E-state index is 0.326. The lowest BCUT2D eigenvalue weighted by molar-refractivity contribution is -0.126. The molecule has 0 amide bonds. The van der Waals surface area contributed by atoms with Crippen LogP contribution in [-0.4, -0.2) is 37.9 Å². The van der Waals surface area contributed by atoms with E-state index in [0.29, 0.717) is 11.5 Å². The number of halogens is 3. The van der Waals surface area contributed by atoms with Gasteiger partial charge in [0.2, 0.25) is 0 Å². The van der Waals surface area contributed by atoms with Crippen molar-refractivity contribution in [2.75, 3.05) is 26.7 Å². The fourth-order valence-electron chi connectivity index (χ4n) is 3.10. The van der Waals surface area contributed by atoms with E-state index in [-0.39, 0.29) is 5.60 Å². The maximum Gasteiger partial charge on any atom is 0.393 e. The Hall–Kier alpha value is -1.29. The highest BCUT2D eigenvalue weighted by atomic mass is 32.1. The van der Waals surface area contributed by atoms with Crippen molar-refractivity contribution in [3.63, 3.8) is 0 Å². The van der Waals surface area contributed by atoms with Crippen molar-refractivity contribution in [1.82, 2.24) is 10.3 Å². The van der Waals surface area contributed by atoms with Crippen LogP contribution in [0.15, 0.2) is 18.5 Å². The first kappa shape index (κ1) is 20.0. The van der Waals surface area contributed by atoms with Crippen molar-refractivity contribution < 1.29 is 17.9 Å². The summed E-state index contributed by atoms with van der Waals surface area (Å²) in [6.45, 7) is 2.35. The summed E-state index contributed by atoms with van der Waals surface area (Å²) >= 11 is 1.29. The summed E-state index contributed by atoms with van der Waals surface area (Å²) < 4.78 is 43.5. The predicted molar refractivity (Wildman–Crippen MR) is 92.8 cm³/mol. The molecule has 0 aliphatic carbocycles. The third kappa shape index (κ3) is 5.60. The van der Waals surface area contributed by atoms with E-state index in [1.54, 1.807) is 19.3 Å². The summed E-state index contributed by atoms with van der Waals surface area (Å²) in [6.07, 6.45) is 0.422. The molecular formula is C16H25F3N4OS. The third-order valence-electron chi connectivity index (χ3n) is 4.13. The molecule has 0 unspecified atom stereocenters. The van der Waals surface area contributed by atoms with E-state index in [4.69, 9.17) is 16.3 Å². The van der Waals surface area contributed by atoms with Gasteiger partial charge < -0.3 is 20.8 Å². The Kier molecular flexibility index (Phi) is 6.72. The highest BCUT2D eigenvalue weighted by Crippen LogP contribution is 2.45. The summed E-state index contributed by atoms with van der Waals surface area (Å²) in [5.41, 5.74) is 5.67. The number of hydrogen-bond donors (Lipinski definition) is 3. The van der Waals surface area contributed by atoms with Crippen molar-refractivity contribution in [3.05, 3.63) is 33.8 Å². The number of nitrogens with two attached hydrogens (primary N) is 2. The largest absolute Gasteiger partial charge is 0.403 e. The standard InChI is InChI=1S/C13H16F3NOS.C3H9N3/c14-13(15,16)8-10-7-9-1-6-18-12(11(9)19-10)2-4-17-5-3-12;1-6(5)3-2-4/h7,17H,1-6,8H2;2-3H,4-5H2,1H3/b;3-2-. The van der Waals surface area contributed by atoms with E-state index < -0.39 is 12.6 Å². The molecule has 1 fully saturated rings. The molecule has 1 saturated heterocycles. The SMILES string of the molecule is CN(N)/C=C\N.FC(F)(F)Cc1cc2c(s1)C1(CCNCC1)OCC2. The second-order valence-corrected chi connectivity index (χ2v) is 7.35. The first-order chi connectivity index (χ1) is 11.8. The third-order valence-corrected chi connectivity index (χ3v) is 5.49. The Morgan fingerprint density at radius 2 is 2.08 bits per heavy atom. The molecule has 1 spiro atoms. The number of rotatable bonds is 2. The summed E-state index contributed by atoms with van der Waals surface area (Å²) in [5.74, 6) is 5.07. The van der Waals surface area contributed by atoms with Crippen LogP contribution in [0.5, 0.6) is 0 Å². The summed E-state index contributed by atoms with van der Waals surface area (Å²) in [6, 6.07) is 1.74.